The van der Waals surface area contributed by atoms with E-state index in [1.165, 1.54) is 43.4 Å². The Morgan fingerprint density at radius 2 is 1.21 bits per heavy atom. The second-order valence-corrected chi connectivity index (χ2v) is 4.18. The van der Waals surface area contributed by atoms with E-state index in [1.54, 1.807) is 0 Å². The third-order valence-corrected chi connectivity index (χ3v) is 2.66. The van der Waals surface area contributed by atoms with E-state index in [0.717, 1.165) is 6.42 Å². The van der Waals surface area contributed by atoms with Gasteiger partial charge in [0.2, 0.25) is 0 Å². The lowest BCUT2D eigenvalue weighted by molar-refractivity contribution is -0.879. The van der Waals surface area contributed by atoms with Gasteiger partial charge in [-0.3, -0.25) is 4.48 Å². The SMILES string of the molecule is CC/C=C/[N+](CCC)(CCC)CCC. The molecule has 0 saturated carbocycles. The molecule has 0 amide bonds. The highest BCUT2D eigenvalue weighted by Gasteiger charge is 2.20. The monoisotopic (exact) mass is 198 g/mol. The van der Waals surface area contributed by atoms with Crippen molar-refractivity contribution in [2.45, 2.75) is 53.4 Å². The Kier molecular flexibility index (Phi) is 7.87. The smallest absolute Gasteiger partial charge is 0.0918 e. The van der Waals surface area contributed by atoms with Gasteiger partial charge < -0.3 is 0 Å². The summed E-state index contributed by atoms with van der Waals surface area (Å²) in [7, 11) is 0. The summed E-state index contributed by atoms with van der Waals surface area (Å²) in [5.41, 5.74) is 0. The van der Waals surface area contributed by atoms with Crippen molar-refractivity contribution in [3.63, 3.8) is 0 Å². The summed E-state index contributed by atoms with van der Waals surface area (Å²) < 4.78 is 1.21. The Hall–Kier alpha value is -0.300. The van der Waals surface area contributed by atoms with Crippen LogP contribution in [-0.4, -0.2) is 24.1 Å². The Bertz CT molecular complexity index is 132. The molecule has 0 fully saturated rings. The van der Waals surface area contributed by atoms with Crippen LogP contribution in [0.15, 0.2) is 12.3 Å². The summed E-state index contributed by atoms with van der Waals surface area (Å²) in [6.07, 6.45) is 9.80. The zero-order valence-corrected chi connectivity index (χ0v) is 10.6. The molecule has 0 radical (unpaired) electrons. The summed E-state index contributed by atoms with van der Waals surface area (Å²) >= 11 is 0. The van der Waals surface area contributed by atoms with E-state index in [2.05, 4.69) is 40.0 Å². The Balaban J connectivity index is 4.45. The van der Waals surface area contributed by atoms with E-state index in [0.29, 0.717) is 0 Å². The highest BCUT2D eigenvalue weighted by atomic mass is 15.3. The summed E-state index contributed by atoms with van der Waals surface area (Å²) in [4.78, 5) is 0. The fourth-order valence-corrected chi connectivity index (χ4v) is 2.22. The van der Waals surface area contributed by atoms with E-state index < -0.39 is 0 Å². The average molecular weight is 198 g/mol. The lowest BCUT2D eigenvalue weighted by Crippen LogP contribution is -2.44. The van der Waals surface area contributed by atoms with E-state index in [9.17, 15) is 0 Å². The largest absolute Gasteiger partial charge is 0.298 e. The van der Waals surface area contributed by atoms with Gasteiger partial charge in [-0.1, -0.05) is 27.7 Å². The minimum atomic E-state index is 1.16. The van der Waals surface area contributed by atoms with Gasteiger partial charge in [-0.2, -0.15) is 0 Å². The molecule has 0 spiro atoms. The molecule has 0 atom stereocenters. The van der Waals surface area contributed by atoms with Crippen LogP contribution in [0.25, 0.3) is 0 Å². The molecule has 0 saturated heterocycles. The standard InChI is InChI=1S/C13H28N/c1-5-9-13-14(10-6-2,11-7-3)12-8-4/h9,13H,5-8,10-12H2,1-4H3/q+1/b13-9+. The highest BCUT2D eigenvalue weighted by Crippen LogP contribution is 2.13. The molecule has 84 valence electrons. The van der Waals surface area contributed by atoms with E-state index >= 15 is 0 Å². The molecule has 1 heteroatoms. The van der Waals surface area contributed by atoms with E-state index in [-0.39, 0.29) is 0 Å². The van der Waals surface area contributed by atoms with Crippen LogP contribution in [0.1, 0.15) is 53.4 Å². The molecule has 0 unspecified atom stereocenters. The van der Waals surface area contributed by atoms with Crippen molar-refractivity contribution in [1.29, 1.82) is 0 Å². The predicted molar refractivity (Wildman–Crippen MR) is 65.2 cm³/mol. The molecule has 0 aromatic rings. The first-order valence-electron chi connectivity index (χ1n) is 6.28. The number of rotatable bonds is 8. The van der Waals surface area contributed by atoms with Crippen molar-refractivity contribution in [2.24, 2.45) is 0 Å². The topological polar surface area (TPSA) is 0 Å². The van der Waals surface area contributed by atoms with Crippen LogP contribution in [0.4, 0.5) is 0 Å². The first-order chi connectivity index (χ1) is 6.74. The van der Waals surface area contributed by atoms with Gasteiger partial charge in [0.25, 0.3) is 0 Å². The fourth-order valence-electron chi connectivity index (χ4n) is 2.22. The zero-order chi connectivity index (χ0) is 10.9. The lowest BCUT2D eigenvalue weighted by atomic mass is 10.2. The Morgan fingerprint density at radius 1 is 0.786 bits per heavy atom. The predicted octanol–water partition coefficient (Wildman–Crippen LogP) is 3.96. The minimum Gasteiger partial charge on any atom is -0.298 e. The molecule has 0 aromatic heterocycles. The molecule has 0 rings (SSSR count). The molecule has 0 aliphatic carbocycles. The molecule has 0 aliphatic rings. The molecular weight excluding hydrogens is 170 g/mol. The second kappa shape index (κ2) is 8.05. The first-order valence-corrected chi connectivity index (χ1v) is 6.28. The number of hydrogen-bond donors (Lipinski definition) is 0. The van der Waals surface area contributed by atoms with Crippen molar-refractivity contribution in [3.8, 4) is 0 Å². The maximum absolute atomic E-state index is 2.44. The van der Waals surface area contributed by atoms with Gasteiger partial charge in [-0.05, 0) is 31.8 Å². The van der Waals surface area contributed by atoms with E-state index in [1.807, 2.05) is 0 Å². The summed E-state index contributed by atoms with van der Waals surface area (Å²) in [5, 5.41) is 0. The fraction of sp³-hybridized carbons (Fsp3) is 0.846. The van der Waals surface area contributed by atoms with Gasteiger partial charge in [0.1, 0.15) is 0 Å². The Morgan fingerprint density at radius 3 is 1.50 bits per heavy atom. The van der Waals surface area contributed by atoms with Gasteiger partial charge in [-0.25, -0.2) is 0 Å². The molecule has 0 bridgehead atoms. The number of nitrogens with zero attached hydrogens (tertiary/aromatic N) is 1. The molecular formula is C13H28N+. The quantitative estimate of drug-likeness (QED) is 0.518. The zero-order valence-electron chi connectivity index (χ0n) is 10.6. The van der Waals surface area contributed by atoms with Gasteiger partial charge in [0.15, 0.2) is 0 Å². The number of allylic oxidation sites excluding steroid dienone is 1. The van der Waals surface area contributed by atoms with Gasteiger partial charge in [0, 0.05) is 0 Å². The van der Waals surface area contributed by atoms with Crippen LogP contribution in [0, 0.1) is 0 Å². The van der Waals surface area contributed by atoms with Crippen LogP contribution in [-0.2, 0) is 0 Å². The molecule has 0 aliphatic heterocycles. The summed E-state index contributed by atoms with van der Waals surface area (Å²) in [6, 6.07) is 0. The lowest BCUT2D eigenvalue weighted by Gasteiger charge is -2.34. The maximum atomic E-state index is 2.44. The molecule has 0 heterocycles. The van der Waals surface area contributed by atoms with Crippen LogP contribution >= 0.6 is 0 Å². The van der Waals surface area contributed by atoms with E-state index in [4.69, 9.17) is 0 Å². The maximum Gasteiger partial charge on any atom is 0.0918 e. The molecule has 0 N–H and O–H groups in total. The van der Waals surface area contributed by atoms with Crippen LogP contribution in [0.3, 0.4) is 0 Å². The van der Waals surface area contributed by atoms with Crippen molar-refractivity contribution in [1.82, 2.24) is 0 Å². The van der Waals surface area contributed by atoms with Crippen molar-refractivity contribution in [2.75, 3.05) is 19.6 Å². The third-order valence-electron chi connectivity index (χ3n) is 2.66. The van der Waals surface area contributed by atoms with Crippen LogP contribution in [0.2, 0.25) is 0 Å². The normalized spacial score (nSPS) is 12.6. The average Bonchev–Trinajstić information content (AvgIpc) is 2.16. The highest BCUT2D eigenvalue weighted by molar-refractivity contribution is 4.73. The molecule has 14 heavy (non-hydrogen) atoms. The Labute approximate surface area is 90.4 Å². The van der Waals surface area contributed by atoms with Crippen molar-refractivity contribution in [3.05, 3.63) is 12.3 Å². The summed E-state index contributed by atoms with van der Waals surface area (Å²) in [6.45, 7) is 13.0. The van der Waals surface area contributed by atoms with Crippen molar-refractivity contribution < 1.29 is 4.48 Å². The molecule has 1 nitrogen and oxygen atoms in total. The summed E-state index contributed by atoms with van der Waals surface area (Å²) in [5.74, 6) is 0. The third kappa shape index (κ3) is 4.80. The minimum absolute atomic E-state index is 1.16. The molecule has 0 aromatic carbocycles. The second-order valence-electron chi connectivity index (χ2n) is 4.18. The van der Waals surface area contributed by atoms with Gasteiger partial charge in [-0.15, -0.1) is 0 Å². The number of hydrogen-bond acceptors (Lipinski definition) is 0. The van der Waals surface area contributed by atoms with Crippen molar-refractivity contribution >= 4 is 0 Å². The first kappa shape index (κ1) is 13.7. The van der Waals surface area contributed by atoms with Gasteiger partial charge >= 0.3 is 0 Å². The van der Waals surface area contributed by atoms with Crippen LogP contribution < -0.4 is 0 Å². The van der Waals surface area contributed by atoms with Crippen LogP contribution in [0.5, 0.6) is 0 Å². The van der Waals surface area contributed by atoms with Gasteiger partial charge in [0.05, 0.1) is 25.8 Å². The number of quaternary nitrogens is 1.